The summed E-state index contributed by atoms with van der Waals surface area (Å²) in [6, 6.07) is 10.2. The molecule has 0 aliphatic rings. The molecule has 1 aromatic heterocycles. The number of sulfone groups is 1. The first-order chi connectivity index (χ1) is 8.91. The maximum atomic E-state index is 12.2. The molecule has 0 unspecified atom stereocenters. The van der Waals surface area contributed by atoms with Gasteiger partial charge in [-0.05, 0) is 30.2 Å². The largest absolute Gasteiger partial charge is 0.343 e. The van der Waals surface area contributed by atoms with Gasteiger partial charge in [0.1, 0.15) is 5.03 Å². The van der Waals surface area contributed by atoms with Crippen LogP contribution in [0.15, 0.2) is 41.4 Å². The van der Waals surface area contributed by atoms with Gasteiger partial charge in [-0.25, -0.2) is 8.42 Å². The Hall–Kier alpha value is -1.88. The molecular weight excluding hydrogens is 262 g/mol. The van der Waals surface area contributed by atoms with Crippen LogP contribution in [0.1, 0.15) is 28.5 Å². The summed E-state index contributed by atoms with van der Waals surface area (Å²) in [6.45, 7) is 2.01. The molecular formula is C14H15NO3S. The summed E-state index contributed by atoms with van der Waals surface area (Å²) >= 11 is 0. The van der Waals surface area contributed by atoms with Crippen molar-refractivity contribution in [3.8, 4) is 0 Å². The highest BCUT2D eigenvalue weighted by molar-refractivity contribution is 7.90. The van der Waals surface area contributed by atoms with Gasteiger partial charge < -0.3 is 4.98 Å². The topological polar surface area (TPSA) is 67.0 Å². The Morgan fingerprint density at radius 2 is 1.95 bits per heavy atom. The van der Waals surface area contributed by atoms with Gasteiger partial charge in [0.05, 0.1) is 5.69 Å². The third kappa shape index (κ3) is 2.93. The van der Waals surface area contributed by atoms with E-state index in [9.17, 15) is 13.2 Å². The number of nitrogens with one attached hydrogen (secondary N) is 1. The van der Waals surface area contributed by atoms with E-state index in [1.54, 1.807) is 6.07 Å². The van der Waals surface area contributed by atoms with Gasteiger partial charge in [-0.1, -0.05) is 25.1 Å². The molecule has 100 valence electrons. The number of H-pyrrole nitrogens is 1. The average molecular weight is 277 g/mol. The number of carbonyl (C=O) groups is 1. The second kappa shape index (κ2) is 5.01. The number of hydrogen-bond acceptors (Lipinski definition) is 3. The number of aromatic nitrogens is 1. The fraction of sp³-hybridized carbons (Fsp3) is 0.214. The van der Waals surface area contributed by atoms with Gasteiger partial charge in [0.2, 0.25) is 5.78 Å². The maximum absolute atomic E-state index is 12.2. The lowest BCUT2D eigenvalue weighted by molar-refractivity contribution is 0.103. The number of ketones is 1. The first kappa shape index (κ1) is 13.5. The van der Waals surface area contributed by atoms with Crippen LogP contribution in [0.4, 0.5) is 0 Å². The van der Waals surface area contributed by atoms with Crippen molar-refractivity contribution in [2.45, 2.75) is 18.4 Å². The number of carbonyl (C=O) groups excluding carboxylic acids is 1. The van der Waals surface area contributed by atoms with Gasteiger partial charge >= 0.3 is 0 Å². The van der Waals surface area contributed by atoms with Gasteiger partial charge in [-0.15, -0.1) is 0 Å². The van der Waals surface area contributed by atoms with E-state index >= 15 is 0 Å². The molecule has 1 heterocycles. The van der Waals surface area contributed by atoms with Crippen LogP contribution in [0.25, 0.3) is 0 Å². The van der Waals surface area contributed by atoms with Crippen molar-refractivity contribution in [3.63, 3.8) is 0 Å². The van der Waals surface area contributed by atoms with Crippen molar-refractivity contribution in [3.05, 3.63) is 53.2 Å². The summed E-state index contributed by atoms with van der Waals surface area (Å²) in [5.41, 5.74) is 1.91. The number of aryl methyl sites for hydroxylation is 1. The molecule has 0 fully saturated rings. The van der Waals surface area contributed by atoms with Crippen molar-refractivity contribution in [2.75, 3.05) is 6.26 Å². The second-order valence-corrected chi connectivity index (χ2v) is 6.38. The monoisotopic (exact) mass is 277 g/mol. The third-order valence-electron chi connectivity index (χ3n) is 2.90. The van der Waals surface area contributed by atoms with E-state index in [-0.39, 0.29) is 16.5 Å². The van der Waals surface area contributed by atoms with Crippen LogP contribution in [0.3, 0.4) is 0 Å². The van der Waals surface area contributed by atoms with Crippen molar-refractivity contribution in [1.29, 1.82) is 0 Å². The van der Waals surface area contributed by atoms with Crippen LogP contribution < -0.4 is 0 Å². The van der Waals surface area contributed by atoms with Gasteiger partial charge in [0.15, 0.2) is 9.84 Å². The maximum Gasteiger partial charge on any atom is 0.209 e. The van der Waals surface area contributed by atoms with Gasteiger partial charge in [-0.2, -0.15) is 0 Å². The minimum absolute atomic E-state index is 0.0579. The molecule has 5 heteroatoms. The minimum Gasteiger partial charge on any atom is -0.343 e. The SMILES string of the molecule is CCc1cccc(C(=O)c2ccc(S(C)(=O)=O)[nH]2)c1. The Kier molecular flexibility index (Phi) is 3.57. The fourth-order valence-corrected chi connectivity index (χ4v) is 2.42. The number of hydrogen-bond donors (Lipinski definition) is 1. The number of rotatable bonds is 4. The van der Waals surface area contributed by atoms with Crippen LogP contribution >= 0.6 is 0 Å². The molecule has 0 atom stereocenters. The van der Waals surface area contributed by atoms with E-state index < -0.39 is 9.84 Å². The molecule has 0 saturated heterocycles. The predicted molar refractivity (Wildman–Crippen MR) is 73.2 cm³/mol. The highest BCUT2D eigenvalue weighted by Gasteiger charge is 2.15. The van der Waals surface area contributed by atoms with E-state index in [0.29, 0.717) is 5.56 Å². The predicted octanol–water partition coefficient (Wildman–Crippen LogP) is 2.21. The highest BCUT2D eigenvalue weighted by atomic mass is 32.2. The summed E-state index contributed by atoms with van der Waals surface area (Å²) in [4.78, 5) is 14.9. The summed E-state index contributed by atoms with van der Waals surface area (Å²) in [6.07, 6.45) is 1.95. The normalized spacial score (nSPS) is 11.5. The van der Waals surface area contributed by atoms with Crippen LogP contribution in [0, 0.1) is 0 Å². The van der Waals surface area contributed by atoms with Gasteiger partial charge in [-0.3, -0.25) is 4.79 Å². The molecule has 1 aromatic carbocycles. The first-order valence-corrected chi connectivity index (χ1v) is 7.83. The molecule has 0 bridgehead atoms. The molecule has 19 heavy (non-hydrogen) atoms. The van der Waals surface area contributed by atoms with Crippen molar-refractivity contribution in [1.82, 2.24) is 4.98 Å². The number of aromatic amines is 1. The van der Waals surface area contributed by atoms with E-state index in [0.717, 1.165) is 18.2 Å². The molecule has 0 aliphatic heterocycles. The Morgan fingerprint density at radius 1 is 1.21 bits per heavy atom. The zero-order valence-corrected chi connectivity index (χ0v) is 11.6. The van der Waals surface area contributed by atoms with Crippen LogP contribution in [0.5, 0.6) is 0 Å². The molecule has 1 N–H and O–H groups in total. The standard InChI is InChI=1S/C14H15NO3S/c1-3-10-5-4-6-11(9-10)14(16)12-7-8-13(15-12)19(2,17)18/h4-9,15H,3H2,1-2H3. The van der Waals surface area contributed by atoms with Crippen LogP contribution in [-0.4, -0.2) is 25.4 Å². The Bertz CT molecular complexity index is 714. The van der Waals surface area contributed by atoms with Crippen LogP contribution in [0.2, 0.25) is 0 Å². The lowest BCUT2D eigenvalue weighted by Crippen LogP contribution is -2.04. The Labute approximate surface area is 112 Å². The molecule has 2 aromatic rings. The Balaban J connectivity index is 2.36. The minimum atomic E-state index is -3.32. The molecule has 0 aliphatic carbocycles. The van der Waals surface area contributed by atoms with Crippen molar-refractivity contribution >= 4 is 15.6 Å². The molecule has 0 amide bonds. The van der Waals surface area contributed by atoms with Crippen molar-refractivity contribution < 1.29 is 13.2 Å². The Morgan fingerprint density at radius 3 is 2.53 bits per heavy atom. The zero-order chi connectivity index (χ0) is 14.0. The fourth-order valence-electron chi connectivity index (χ4n) is 1.81. The van der Waals surface area contributed by atoms with Gasteiger partial charge in [0.25, 0.3) is 0 Å². The third-order valence-corrected chi connectivity index (χ3v) is 3.94. The lowest BCUT2D eigenvalue weighted by Gasteiger charge is -2.01. The second-order valence-electron chi connectivity index (χ2n) is 4.39. The summed E-state index contributed by atoms with van der Waals surface area (Å²) < 4.78 is 22.7. The lowest BCUT2D eigenvalue weighted by atomic mass is 10.0. The van der Waals surface area contributed by atoms with E-state index in [2.05, 4.69) is 4.98 Å². The zero-order valence-electron chi connectivity index (χ0n) is 10.8. The van der Waals surface area contributed by atoms with Crippen molar-refractivity contribution in [2.24, 2.45) is 0 Å². The first-order valence-electron chi connectivity index (χ1n) is 5.94. The summed E-state index contributed by atoms with van der Waals surface area (Å²) in [7, 11) is -3.32. The summed E-state index contributed by atoms with van der Waals surface area (Å²) in [5, 5.41) is 0.0579. The average Bonchev–Trinajstić information content (AvgIpc) is 2.87. The van der Waals surface area contributed by atoms with Crippen LogP contribution in [-0.2, 0) is 16.3 Å². The quantitative estimate of drug-likeness (QED) is 0.871. The van der Waals surface area contributed by atoms with E-state index in [1.165, 1.54) is 12.1 Å². The molecule has 0 saturated carbocycles. The number of benzene rings is 1. The molecule has 2 rings (SSSR count). The van der Waals surface area contributed by atoms with E-state index in [4.69, 9.17) is 0 Å². The molecule has 4 nitrogen and oxygen atoms in total. The molecule has 0 spiro atoms. The van der Waals surface area contributed by atoms with Gasteiger partial charge in [0, 0.05) is 11.8 Å². The molecule has 0 radical (unpaired) electrons. The summed E-state index contributed by atoms with van der Waals surface area (Å²) in [5.74, 6) is -0.204. The smallest absolute Gasteiger partial charge is 0.209 e. The highest BCUT2D eigenvalue weighted by Crippen LogP contribution is 2.14. The van der Waals surface area contributed by atoms with E-state index in [1.807, 2.05) is 25.1 Å².